The monoisotopic (exact) mass is 251 g/mol. The van der Waals surface area contributed by atoms with Crippen LogP contribution in [0.25, 0.3) is 0 Å². The molecule has 1 heterocycles. The van der Waals surface area contributed by atoms with Crippen molar-refractivity contribution in [2.24, 2.45) is 0 Å². The molecule has 2 rings (SSSR count). The predicted octanol–water partition coefficient (Wildman–Crippen LogP) is 3.89. The number of hydrogen-bond acceptors (Lipinski definition) is 2. The lowest BCUT2D eigenvalue weighted by molar-refractivity contribution is 0.00598. The molecule has 1 N–H and O–H groups in total. The van der Waals surface area contributed by atoms with Crippen molar-refractivity contribution in [2.45, 2.75) is 51.7 Å². The number of anilines is 1. The van der Waals surface area contributed by atoms with Gasteiger partial charge in [-0.2, -0.15) is 0 Å². The highest BCUT2D eigenvalue weighted by Gasteiger charge is 2.21. The van der Waals surface area contributed by atoms with E-state index >= 15 is 0 Å². The average Bonchev–Trinajstić information content (AvgIpc) is 2.35. The van der Waals surface area contributed by atoms with Gasteiger partial charge in [0, 0.05) is 18.3 Å². The Labute approximate surface area is 109 Å². The molecule has 1 saturated heterocycles. The third-order valence-electron chi connectivity index (χ3n) is 3.51. The standard InChI is InChI=1S/C15H22FNO/c1-3-4-14-10-13(7-8-18-14)17-12-5-6-15(16)11(2)9-12/h5-6,9,13-14,17H,3-4,7-8,10H2,1-2H3. The molecule has 3 heteroatoms. The number of aryl methyl sites for hydroxylation is 1. The molecule has 100 valence electrons. The maximum atomic E-state index is 13.2. The van der Waals surface area contributed by atoms with Crippen molar-refractivity contribution in [3.63, 3.8) is 0 Å². The van der Waals surface area contributed by atoms with Crippen molar-refractivity contribution in [3.8, 4) is 0 Å². The second kappa shape index (κ2) is 6.19. The van der Waals surface area contributed by atoms with Gasteiger partial charge in [-0.1, -0.05) is 13.3 Å². The fraction of sp³-hybridized carbons (Fsp3) is 0.600. The van der Waals surface area contributed by atoms with Crippen molar-refractivity contribution in [1.29, 1.82) is 0 Å². The first-order valence-corrected chi connectivity index (χ1v) is 6.83. The maximum absolute atomic E-state index is 13.2. The van der Waals surface area contributed by atoms with Crippen molar-refractivity contribution in [1.82, 2.24) is 0 Å². The van der Waals surface area contributed by atoms with Crippen LogP contribution in [0.5, 0.6) is 0 Å². The van der Waals surface area contributed by atoms with Crippen LogP contribution in [0.2, 0.25) is 0 Å². The molecule has 0 aliphatic carbocycles. The molecule has 1 aromatic carbocycles. The van der Waals surface area contributed by atoms with Crippen LogP contribution in [0.3, 0.4) is 0 Å². The van der Waals surface area contributed by atoms with Crippen molar-refractivity contribution < 1.29 is 9.13 Å². The van der Waals surface area contributed by atoms with Gasteiger partial charge < -0.3 is 10.1 Å². The molecule has 0 spiro atoms. The van der Waals surface area contributed by atoms with Gasteiger partial charge in [-0.05, 0) is 49.9 Å². The van der Waals surface area contributed by atoms with Crippen LogP contribution in [-0.2, 0) is 4.74 Å². The van der Waals surface area contributed by atoms with E-state index in [1.807, 2.05) is 12.1 Å². The quantitative estimate of drug-likeness (QED) is 0.876. The smallest absolute Gasteiger partial charge is 0.126 e. The number of nitrogens with one attached hydrogen (secondary N) is 1. The Balaban J connectivity index is 1.93. The fourth-order valence-electron chi connectivity index (χ4n) is 2.50. The molecule has 1 aliphatic heterocycles. The molecule has 0 radical (unpaired) electrons. The zero-order valence-corrected chi connectivity index (χ0v) is 11.2. The number of benzene rings is 1. The first-order chi connectivity index (χ1) is 8.69. The molecule has 18 heavy (non-hydrogen) atoms. The van der Waals surface area contributed by atoms with E-state index in [0.29, 0.717) is 17.7 Å². The van der Waals surface area contributed by atoms with Crippen molar-refractivity contribution in [3.05, 3.63) is 29.6 Å². The average molecular weight is 251 g/mol. The summed E-state index contributed by atoms with van der Waals surface area (Å²) in [4.78, 5) is 0. The molecule has 2 unspecified atom stereocenters. The molecular formula is C15H22FNO. The Morgan fingerprint density at radius 2 is 2.28 bits per heavy atom. The van der Waals surface area contributed by atoms with E-state index in [2.05, 4.69) is 12.2 Å². The van der Waals surface area contributed by atoms with Gasteiger partial charge in [0.15, 0.2) is 0 Å². The highest BCUT2D eigenvalue weighted by atomic mass is 19.1. The Bertz CT molecular complexity index is 392. The Kier molecular flexibility index (Phi) is 4.59. The van der Waals surface area contributed by atoms with Gasteiger partial charge in [0.2, 0.25) is 0 Å². The van der Waals surface area contributed by atoms with Gasteiger partial charge in [-0.15, -0.1) is 0 Å². The summed E-state index contributed by atoms with van der Waals surface area (Å²) in [5.41, 5.74) is 1.70. The summed E-state index contributed by atoms with van der Waals surface area (Å²) in [5, 5.41) is 3.49. The molecule has 1 aromatic rings. The highest BCUT2D eigenvalue weighted by molar-refractivity contribution is 5.46. The van der Waals surface area contributed by atoms with E-state index in [-0.39, 0.29) is 5.82 Å². The van der Waals surface area contributed by atoms with E-state index < -0.39 is 0 Å². The van der Waals surface area contributed by atoms with Crippen LogP contribution in [0.1, 0.15) is 38.2 Å². The van der Waals surface area contributed by atoms with E-state index in [9.17, 15) is 4.39 Å². The van der Waals surface area contributed by atoms with Crippen LogP contribution in [0.4, 0.5) is 10.1 Å². The summed E-state index contributed by atoms with van der Waals surface area (Å²) in [6.45, 7) is 4.80. The molecule has 0 aromatic heterocycles. The van der Waals surface area contributed by atoms with Crippen LogP contribution in [0, 0.1) is 12.7 Å². The van der Waals surface area contributed by atoms with Crippen LogP contribution < -0.4 is 5.32 Å². The second-order valence-electron chi connectivity index (χ2n) is 5.11. The summed E-state index contributed by atoms with van der Waals surface area (Å²) in [5.74, 6) is -0.142. The SMILES string of the molecule is CCCC1CC(Nc2ccc(F)c(C)c2)CCO1. The molecule has 1 fully saturated rings. The third-order valence-corrected chi connectivity index (χ3v) is 3.51. The Morgan fingerprint density at radius 3 is 3.00 bits per heavy atom. The highest BCUT2D eigenvalue weighted by Crippen LogP contribution is 2.22. The molecule has 0 saturated carbocycles. The number of rotatable bonds is 4. The third kappa shape index (κ3) is 3.45. The summed E-state index contributed by atoms with van der Waals surface area (Å²) in [7, 11) is 0. The summed E-state index contributed by atoms with van der Waals surface area (Å²) >= 11 is 0. The van der Waals surface area contributed by atoms with E-state index in [4.69, 9.17) is 4.74 Å². The summed E-state index contributed by atoms with van der Waals surface area (Å²) in [6.07, 6.45) is 4.73. The topological polar surface area (TPSA) is 21.3 Å². The molecule has 2 nitrogen and oxygen atoms in total. The van der Waals surface area contributed by atoms with Crippen molar-refractivity contribution in [2.75, 3.05) is 11.9 Å². The first kappa shape index (κ1) is 13.3. The van der Waals surface area contributed by atoms with E-state index in [1.165, 1.54) is 6.07 Å². The normalized spacial score (nSPS) is 23.9. The van der Waals surface area contributed by atoms with Gasteiger partial charge in [-0.25, -0.2) is 4.39 Å². The number of ether oxygens (including phenoxy) is 1. The molecular weight excluding hydrogens is 229 g/mol. The number of halogens is 1. The zero-order valence-electron chi connectivity index (χ0n) is 11.2. The fourth-order valence-corrected chi connectivity index (χ4v) is 2.50. The summed E-state index contributed by atoms with van der Waals surface area (Å²) in [6, 6.07) is 5.66. The summed E-state index contributed by atoms with van der Waals surface area (Å²) < 4.78 is 18.9. The van der Waals surface area contributed by atoms with Crippen LogP contribution in [-0.4, -0.2) is 18.8 Å². The van der Waals surface area contributed by atoms with Gasteiger partial charge in [-0.3, -0.25) is 0 Å². The largest absolute Gasteiger partial charge is 0.382 e. The Hall–Kier alpha value is -1.09. The maximum Gasteiger partial charge on any atom is 0.126 e. The lowest BCUT2D eigenvalue weighted by Gasteiger charge is -2.30. The molecule has 0 amide bonds. The zero-order chi connectivity index (χ0) is 13.0. The minimum absolute atomic E-state index is 0.142. The van der Waals surface area contributed by atoms with Gasteiger partial charge in [0.05, 0.1) is 6.10 Å². The van der Waals surface area contributed by atoms with Crippen LogP contribution >= 0.6 is 0 Å². The minimum atomic E-state index is -0.142. The van der Waals surface area contributed by atoms with Gasteiger partial charge in [0.1, 0.15) is 5.82 Å². The second-order valence-corrected chi connectivity index (χ2v) is 5.11. The first-order valence-electron chi connectivity index (χ1n) is 6.83. The predicted molar refractivity (Wildman–Crippen MR) is 72.4 cm³/mol. The lowest BCUT2D eigenvalue weighted by atomic mass is 9.99. The van der Waals surface area contributed by atoms with E-state index in [0.717, 1.165) is 38.0 Å². The molecule has 0 bridgehead atoms. The minimum Gasteiger partial charge on any atom is -0.382 e. The number of hydrogen-bond donors (Lipinski definition) is 1. The van der Waals surface area contributed by atoms with Crippen LogP contribution in [0.15, 0.2) is 18.2 Å². The van der Waals surface area contributed by atoms with E-state index in [1.54, 1.807) is 6.92 Å². The molecule has 2 atom stereocenters. The van der Waals surface area contributed by atoms with Gasteiger partial charge in [0.25, 0.3) is 0 Å². The van der Waals surface area contributed by atoms with Crippen molar-refractivity contribution >= 4 is 5.69 Å². The lowest BCUT2D eigenvalue weighted by Crippen LogP contribution is -2.34. The molecule has 1 aliphatic rings. The van der Waals surface area contributed by atoms with Gasteiger partial charge >= 0.3 is 0 Å². The Morgan fingerprint density at radius 1 is 1.44 bits per heavy atom.